The third-order valence-corrected chi connectivity index (χ3v) is 9.50. The second-order valence-electron chi connectivity index (χ2n) is 9.90. The van der Waals surface area contributed by atoms with Crippen molar-refractivity contribution in [1.82, 2.24) is 9.62 Å². The lowest BCUT2D eigenvalue weighted by molar-refractivity contribution is -0.145. The number of nitrogens with zero attached hydrogens (tertiary/aromatic N) is 1. The van der Waals surface area contributed by atoms with Crippen LogP contribution in [0.15, 0.2) is 59.5 Å². The van der Waals surface area contributed by atoms with Gasteiger partial charge in [-0.25, -0.2) is 13.2 Å². The normalized spacial score (nSPS) is 16.0. The minimum Gasteiger partial charge on any atom is -0.496 e. The molecule has 230 valence electrons. The molecule has 1 aliphatic rings. The number of aliphatic hydroxyl groups excluding tert-OH is 1. The predicted molar refractivity (Wildman–Crippen MR) is 162 cm³/mol. The largest absolute Gasteiger partial charge is 0.496 e. The average Bonchev–Trinajstić information content (AvgIpc) is 3.51. The van der Waals surface area contributed by atoms with Crippen LogP contribution >= 0.6 is 23.2 Å². The second-order valence-corrected chi connectivity index (χ2v) is 12.7. The molecule has 0 saturated carbocycles. The number of nitrogens with one attached hydrogen (secondary N) is 1. The molecule has 1 heterocycles. The van der Waals surface area contributed by atoms with Crippen LogP contribution in [0.3, 0.4) is 0 Å². The molecule has 3 aromatic rings. The third kappa shape index (κ3) is 7.25. The molecule has 1 fully saturated rings. The van der Waals surface area contributed by atoms with Gasteiger partial charge in [0.1, 0.15) is 23.6 Å². The molecule has 0 radical (unpaired) electrons. The van der Waals surface area contributed by atoms with Gasteiger partial charge in [-0.05, 0) is 59.9 Å². The summed E-state index contributed by atoms with van der Waals surface area (Å²) >= 11 is 12.1. The van der Waals surface area contributed by atoms with Gasteiger partial charge in [0.2, 0.25) is 15.9 Å². The van der Waals surface area contributed by atoms with E-state index in [4.69, 9.17) is 37.4 Å². The minimum absolute atomic E-state index is 0.0970. The smallest absolute Gasteiger partial charge is 0.328 e. The van der Waals surface area contributed by atoms with E-state index in [-0.39, 0.29) is 40.9 Å². The Morgan fingerprint density at radius 1 is 0.977 bits per heavy atom. The van der Waals surface area contributed by atoms with Crippen LogP contribution in [-0.2, 0) is 37.4 Å². The van der Waals surface area contributed by atoms with Crippen LogP contribution in [0.1, 0.15) is 24.0 Å². The van der Waals surface area contributed by atoms with Crippen LogP contribution in [0.4, 0.5) is 0 Å². The van der Waals surface area contributed by atoms with Crippen molar-refractivity contribution in [2.75, 3.05) is 27.9 Å². The molecule has 1 aliphatic heterocycles. The van der Waals surface area contributed by atoms with E-state index in [1.165, 1.54) is 39.5 Å². The molecule has 0 bridgehead atoms. The van der Waals surface area contributed by atoms with E-state index in [0.29, 0.717) is 34.6 Å². The van der Waals surface area contributed by atoms with E-state index in [9.17, 15) is 23.1 Å². The fourth-order valence-electron chi connectivity index (χ4n) is 5.09. The van der Waals surface area contributed by atoms with Crippen molar-refractivity contribution < 1.29 is 37.3 Å². The number of esters is 1. The summed E-state index contributed by atoms with van der Waals surface area (Å²) in [4.78, 5) is 26.0. The van der Waals surface area contributed by atoms with Crippen molar-refractivity contribution in [2.24, 2.45) is 0 Å². The molecule has 43 heavy (non-hydrogen) atoms. The van der Waals surface area contributed by atoms with Crippen molar-refractivity contribution in [3.63, 3.8) is 0 Å². The number of halogens is 2. The predicted octanol–water partition coefficient (Wildman–Crippen LogP) is 4.22. The van der Waals surface area contributed by atoms with Gasteiger partial charge in [-0.1, -0.05) is 47.5 Å². The maximum atomic E-state index is 13.4. The van der Waals surface area contributed by atoms with E-state index in [0.717, 1.165) is 9.87 Å². The van der Waals surface area contributed by atoms with Gasteiger partial charge in [0.15, 0.2) is 0 Å². The van der Waals surface area contributed by atoms with Crippen LogP contribution < -0.4 is 14.8 Å². The lowest BCUT2D eigenvalue weighted by Gasteiger charge is -2.25. The average molecular weight is 652 g/mol. The van der Waals surface area contributed by atoms with Gasteiger partial charge in [-0.3, -0.25) is 4.79 Å². The quantitative estimate of drug-likeness (QED) is 0.295. The molecule has 13 heteroatoms. The fourth-order valence-corrected chi connectivity index (χ4v) is 7.48. The van der Waals surface area contributed by atoms with Gasteiger partial charge < -0.3 is 24.6 Å². The Morgan fingerprint density at radius 3 is 2.12 bits per heavy atom. The van der Waals surface area contributed by atoms with Crippen molar-refractivity contribution in [3.05, 3.63) is 75.8 Å². The minimum atomic E-state index is -4.09. The molecule has 2 N–H and O–H groups in total. The van der Waals surface area contributed by atoms with Crippen LogP contribution in [0.25, 0.3) is 11.1 Å². The number of hydrogen-bond acceptors (Lipinski definition) is 8. The van der Waals surface area contributed by atoms with Gasteiger partial charge in [0.25, 0.3) is 0 Å². The summed E-state index contributed by atoms with van der Waals surface area (Å²) < 4.78 is 43.9. The number of sulfonamides is 1. The summed E-state index contributed by atoms with van der Waals surface area (Å²) in [5.74, 6) is -0.243. The number of benzene rings is 3. The summed E-state index contributed by atoms with van der Waals surface area (Å²) in [6.45, 7) is -0.0484. The Labute approximate surface area is 260 Å². The maximum Gasteiger partial charge on any atom is 0.328 e. The van der Waals surface area contributed by atoms with E-state index in [1.54, 1.807) is 24.3 Å². The molecule has 0 spiro atoms. The zero-order valence-corrected chi connectivity index (χ0v) is 26.1. The van der Waals surface area contributed by atoms with Crippen LogP contribution in [0.5, 0.6) is 11.5 Å². The summed E-state index contributed by atoms with van der Waals surface area (Å²) in [6, 6.07) is 12.6. The zero-order chi connectivity index (χ0) is 31.3. The number of carbonyl (C=O) groups excluding carboxylic acids is 2. The monoisotopic (exact) mass is 650 g/mol. The molecular formula is C30H32Cl2N2O8S. The van der Waals surface area contributed by atoms with E-state index < -0.39 is 34.0 Å². The molecule has 0 aliphatic carbocycles. The van der Waals surface area contributed by atoms with Gasteiger partial charge in [0.05, 0.1) is 38.4 Å². The van der Waals surface area contributed by atoms with Gasteiger partial charge in [0, 0.05) is 23.0 Å². The second kappa shape index (κ2) is 14.0. The van der Waals surface area contributed by atoms with Gasteiger partial charge in [-0.15, -0.1) is 0 Å². The number of amides is 1. The SMILES string of the molecule is COC(=O)[C@H](Cc1ccc(-c2c(OC)cc(CO)cc2OC)cc1)NC(=O)[C@@H]1CCCN1S(=O)(=O)c1cc(Cl)cc(Cl)c1. The number of carbonyl (C=O) groups is 2. The summed E-state index contributed by atoms with van der Waals surface area (Å²) in [7, 11) is 0.176. The topological polar surface area (TPSA) is 131 Å². The molecule has 3 aromatic carbocycles. The Balaban J connectivity index is 1.54. The highest BCUT2D eigenvalue weighted by atomic mass is 35.5. The molecule has 0 unspecified atom stereocenters. The first-order chi connectivity index (χ1) is 20.5. The number of hydrogen-bond donors (Lipinski definition) is 2. The van der Waals surface area contributed by atoms with Gasteiger partial charge in [-0.2, -0.15) is 4.31 Å². The van der Waals surface area contributed by atoms with E-state index >= 15 is 0 Å². The Kier molecular flexibility index (Phi) is 10.6. The number of ether oxygens (including phenoxy) is 3. The lowest BCUT2D eigenvalue weighted by Crippen LogP contribution is -2.51. The van der Waals surface area contributed by atoms with Crippen LogP contribution in [-0.4, -0.2) is 69.7 Å². The standard InChI is InChI=1S/C30H32Cl2N2O8S/c1-40-26-12-19(17-35)13-27(41-2)28(26)20-8-6-18(7-9-20)11-24(30(37)42-3)33-29(36)25-5-4-10-34(25)43(38,39)23-15-21(31)14-22(32)16-23/h6-9,12-16,24-25,35H,4-5,10-11,17H2,1-3H3,(H,33,36)/t24-,25-/m0/s1. The highest BCUT2D eigenvalue weighted by Crippen LogP contribution is 2.40. The lowest BCUT2D eigenvalue weighted by atomic mass is 9.98. The first-order valence-electron chi connectivity index (χ1n) is 13.3. The van der Waals surface area contributed by atoms with E-state index in [2.05, 4.69) is 5.32 Å². The van der Waals surface area contributed by atoms with Crippen molar-refractivity contribution in [2.45, 2.75) is 42.8 Å². The van der Waals surface area contributed by atoms with Crippen molar-refractivity contribution >= 4 is 45.1 Å². The number of aliphatic hydroxyl groups is 1. The molecule has 0 aromatic heterocycles. The number of methoxy groups -OCH3 is 3. The third-order valence-electron chi connectivity index (χ3n) is 7.18. The first kappa shape index (κ1) is 32.6. The first-order valence-corrected chi connectivity index (χ1v) is 15.5. The van der Waals surface area contributed by atoms with Crippen molar-refractivity contribution in [1.29, 1.82) is 0 Å². The molecule has 1 amide bonds. The maximum absolute atomic E-state index is 13.4. The van der Waals surface area contributed by atoms with Crippen LogP contribution in [0, 0.1) is 0 Å². The summed E-state index contributed by atoms with van der Waals surface area (Å²) in [5.41, 5.74) is 2.81. The van der Waals surface area contributed by atoms with E-state index in [1.807, 2.05) is 12.1 Å². The molecular weight excluding hydrogens is 619 g/mol. The Morgan fingerprint density at radius 2 is 1.58 bits per heavy atom. The summed E-state index contributed by atoms with van der Waals surface area (Å²) in [5, 5.41) is 12.6. The highest BCUT2D eigenvalue weighted by Gasteiger charge is 2.41. The molecule has 2 atom stereocenters. The number of rotatable bonds is 11. The highest BCUT2D eigenvalue weighted by molar-refractivity contribution is 7.89. The molecule has 4 rings (SSSR count). The Bertz CT molecular complexity index is 1550. The van der Waals surface area contributed by atoms with Crippen molar-refractivity contribution in [3.8, 4) is 22.6 Å². The molecule has 1 saturated heterocycles. The van der Waals surface area contributed by atoms with Gasteiger partial charge >= 0.3 is 5.97 Å². The zero-order valence-electron chi connectivity index (χ0n) is 23.8. The Hall–Kier alpha value is -3.35. The fraction of sp³-hybridized carbons (Fsp3) is 0.333. The molecule has 10 nitrogen and oxygen atoms in total. The van der Waals surface area contributed by atoms with Crippen LogP contribution in [0.2, 0.25) is 10.0 Å². The summed E-state index contributed by atoms with van der Waals surface area (Å²) in [6.07, 6.45) is 0.836.